The first kappa shape index (κ1) is 20.4. The molecule has 6 nitrogen and oxygen atoms in total. The van der Waals surface area contributed by atoms with Crippen LogP contribution < -0.4 is 14.8 Å². The lowest BCUT2D eigenvalue weighted by Gasteiger charge is -2.14. The highest BCUT2D eigenvalue weighted by atomic mass is 32.2. The molecule has 0 unspecified atom stereocenters. The molecule has 0 atom stereocenters. The number of anilines is 2. The van der Waals surface area contributed by atoms with Crippen molar-refractivity contribution in [1.29, 1.82) is 0 Å². The first-order valence-electron chi connectivity index (χ1n) is 8.94. The highest BCUT2D eigenvalue weighted by molar-refractivity contribution is 7.92. The molecule has 0 heterocycles. The van der Waals surface area contributed by atoms with Gasteiger partial charge in [-0.25, -0.2) is 8.42 Å². The molecule has 29 heavy (non-hydrogen) atoms. The number of methoxy groups -OCH3 is 1. The standard InChI is InChI=1S/C22H22N2O4S/c1-15-10-12-19(13-11-15)29(26,27)24-21-9-5-8-20(16(21)2)22(25)23-17-6-4-7-18(14-17)28-3/h4-14,24H,1-3H3,(H,23,25). The van der Waals surface area contributed by atoms with E-state index in [0.29, 0.717) is 28.3 Å². The van der Waals surface area contributed by atoms with Crippen LogP contribution in [0.2, 0.25) is 0 Å². The van der Waals surface area contributed by atoms with E-state index in [1.807, 2.05) is 6.92 Å². The maximum Gasteiger partial charge on any atom is 0.261 e. The minimum atomic E-state index is -3.76. The predicted octanol–water partition coefficient (Wildman–Crippen LogP) is 4.37. The maximum absolute atomic E-state index is 12.7. The maximum atomic E-state index is 12.7. The molecule has 3 aromatic rings. The van der Waals surface area contributed by atoms with E-state index in [1.165, 1.54) is 0 Å². The van der Waals surface area contributed by atoms with Gasteiger partial charge < -0.3 is 10.1 Å². The third kappa shape index (κ3) is 4.75. The summed E-state index contributed by atoms with van der Waals surface area (Å²) in [7, 11) is -2.21. The van der Waals surface area contributed by atoms with Crippen molar-refractivity contribution in [2.24, 2.45) is 0 Å². The molecule has 0 aliphatic heterocycles. The van der Waals surface area contributed by atoms with E-state index in [2.05, 4.69) is 10.0 Å². The monoisotopic (exact) mass is 410 g/mol. The summed E-state index contributed by atoms with van der Waals surface area (Å²) >= 11 is 0. The Labute approximate surface area is 170 Å². The molecule has 3 rings (SSSR count). The molecule has 0 radical (unpaired) electrons. The zero-order chi connectivity index (χ0) is 21.0. The number of carbonyl (C=O) groups excluding carboxylic acids is 1. The molecule has 0 aliphatic rings. The number of hydrogen-bond donors (Lipinski definition) is 2. The lowest BCUT2D eigenvalue weighted by molar-refractivity contribution is 0.102. The van der Waals surface area contributed by atoms with E-state index in [1.54, 1.807) is 80.8 Å². The van der Waals surface area contributed by atoms with E-state index < -0.39 is 10.0 Å². The summed E-state index contributed by atoms with van der Waals surface area (Å²) in [6, 6.07) is 18.5. The number of amides is 1. The summed E-state index contributed by atoms with van der Waals surface area (Å²) in [6.07, 6.45) is 0. The van der Waals surface area contributed by atoms with Crippen molar-refractivity contribution in [1.82, 2.24) is 0 Å². The topological polar surface area (TPSA) is 84.5 Å². The summed E-state index contributed by atoms with van der Waals surface area (Å²) in [5.41, 5.74) is 2.81. The van der Waals surface area contributed by atoms with Crippen LogP contribution in [0.5, 0.6) is 5.75 Å². The fraction of sp³-hybridized carbons (Fsp3) is 0.136. The smallest absolute Gasteiger partial charge is 0.261 e. The predicted molar refractivity (Wildman–Crippen MR) is 114 cm³/mol. The fourth-order valence-corrected chi connectivity index (χ4v) is 3.94. The van der Waals surface area contributed by atoms with Gasteiger partial charge in [0.15, 0.2) is 0 Å². The number of benzene rings is 3. The van der Waals surface area contributed by atoms with E-state index in [4.69, 9.17) is 4.74 Å². The molecule has 0 fully saturated rings. The second-order valence-electron chi connectivity index (χ2n) is 6.58. The van der Waals surface area contributed by atoms with Gasteiger partial charge >= 0.3 is 0 Å². The fourth-order valence-electron chi connectivity index (χ4n) is 2.81. The van der Waals surface area contributed by atoms with Crippen molar-refractivity contribution < 1.29 is 17.9 Å². The molecule has 0 aliphatic carbocycles. The lowest BCUT2D eigenvalue weighted by Crippen LogP contribution is -2.17. The second-order valence-corrected chi connectivity index (χ2v) is 8.27. The third-order valence-electron chi connectivity index (χ3n) is 4.48. The third-order valence-corrected chi connectivity index (χ3v) is 5.86. The van der Waals surface area contributed by atoms with Gasteiger partial charge in [0.1, 0.15) is 5.75 Å². The van der Waals surface area contributed by atoms with Crippen LogP contribution in [0, 0.1) is 13.8 Å². The van der Waals surface area contributed by atoms with Crippen molar-refractivity contribution in [3.63, 3.8) is 0 Å². The van der Waals surface area contributed by atoms with Crippen LogP contribution in [-0.2, 0) is 10.0 Å². The Bertz CT molecular complexity index is 1140. The van der Waals surface area contributed by atoms with Crippen molar-refractivity contribution in [3.8, 4) is 5.75 Å². The summed E-state index contributed by atoms with van der Waals surface area (Å²) in [6.45, 7) is 3.59. The van der Waals surface area contributed by atoms with E-state index in [-0.39, 0.29) is 10.8 Å². The SMILES string of the molecule is COc1cccc(NC(=O)c2cccc(NS(=O)(=O)c3ccc(C)cc3)c2C)c1. The number of aryl methyl sites for hydroxylation is 1. The summed E-state index contributed by atoms with van der Waals surface area (Å²) in [4.78, 5) is 12.9. The van der Waals surface area contributed by atoms with Crippen molar-refractivity contribution in [2.45, 2.75) is 18.7 Å². The largest absolute Gasteiger partial charge is 0.497 e. The van der Waals surface area contributed by atoms with Crippen LogP contribution >= 0.6 is 0 Å². The second kappa shape index (κ2) is 8.36. The van der Waals surface area contributed by atoms with Gasteiger partial charge in [0, 0.05) is 17.3 Å². The zero-order valence-corrected chi connectivity index (χ0v) is 17.2. The molecule has 7 heteroatoms. The number of nitrogens with one attached hydrogen (secondary N) is 2. The van der Waals surface area contributed by atoms with Crippen LogP contribution in [0.3, 0.4) is 0 Å². The number of rotatable bonds is 6. The van der Waals surface area contributed by atoms with Crippen LogP contribution in [0.1, 0.15) is 21.5 Å². The molecule has 150 valence electrons. The van der Waals surface area contributed by atoms with Gasteiger partial charge in [-0.2, -0.15) is 0 Å². The van der Waals surface area contributed by atoms with Gasteiger partial charge in [-0.15, -0.1) is 0 Å². The first-order chi connectivity index (χ1) is 13.8. The van der Waals surface area contributed by atoms with Gasteiger partial charge in [-0.05, 0) is 55.8 Å². The molecule has 0 spiro atoms. The average Bonchev–Trinajstić information content (AvgIpc) is 2.70. The summed E-state index contributed by atoms with van der Waals surface area (Å²) in [5.74, 6) is 0.284. The van der Waals surface area contributed by atoms with Gasteiger partial charge in [0.2, 0.25) is 0 Å². The number of sulfonamides is 1. The Balaban J connectivity index is 1.85. The Hall–Kier alpha value is -3.32. The number of ether oxygens (including phenoxy) is 1. The normalized spacial score (nSPS) is 11.0. The molecule has 0 aromatic heterocycles. The Morgan fingerprint density at radius 1 is 0.931 bits per heavy atom. The van der Waals surface area contributed by atoms with Crippen molar-refractivity contribution in [3.05, 3.63) is 83.4 Å². The molecule has 2 N–H and O–H groups in total. The van der Waals surface area contributed by atoms with Crippen LogP contribution in [-0.4, -0.2) is 21.4 Å². The van der Waals surface area contributed by atoms with Gasteiger partial charge in [0.25, 0.3) is 15.9 Å². The minimum Gasteiger partial charge on any atom is -0.497 e. The van der Waals surface area contributed by atoms with Gasteiger partial charge in [0.05, 0.1) is 17.7 Å². The molecule has 1 amide bonds. The van der Waals surface area contributed by atoms with E-state index in [9.17, 15) is 13.2 Å². The molecular formula is C22H22N2O4S. The molecule has 0 saturated heterocycles. The zero-order valence-electron chi connectivity index (χ0n) is 16.4. The van der Waals surface area contributed by atoms with Crippen LogP contribution in [0.4, 0.5) is 11.4 Å². The van der Waals surface area contributed by atoms with E-state index >= 15 is 0 Å². The molecular weight excluding hydrogens is 388 g/mol. The Morgan fingerprint density at radius 3 is 2.31 bits per heavy atom. The molecule has 0 bridgehead atoms. The quantitative estimate of drug-likeness (QED) is 0.632. The highest BCUT2D eigenvalue weighted by Crippen LogP contribution is 2.24. The van der Waals surface area contributed by atoms with Crippen molar-refractivity contribution >= 4 is 27.3 Å². The molecule has 3 aromatic carbocycles. The van der Waals surface area contributed by atoms with Gasteiger partial charge in [-0.1, -0.05) is 29.8 Å². The van der Waals surface area contributed by atoms with E-state index in [0.717, 1.165) is 5.56 Å². The van der Waals surface area contributed by atoms with Crippen LogP contribution in [0.15, 0.2) is 71.6 Å². The average molecular weight is 410 g/mol. The number of carbonyl (C=O) groups is 1. The lowest BCUT2D eigenvalue weighted by atomic mass is 10.1. The van der Waals surface area contributed by atoms with Crippen LogP contribution in [0.25, 0.3) is 0 Å². The van der Waals surface area contributed by atoms with Gasteiger partial charge in [-0.3, -0.25) is 9.52 Å². The minimum absolute atomic E-state index is 0.161. The first-order valence-corrected chi connectivity index (χ1v) is 10.4. The van der Waals surface area contributed by atoms with Crippen molar-refractivity contribution in [2.75, 3.05) is 17.1 Å². The number of hydrogen-bond acceptors (Lipinski definition) is 4. The summed E-state index contributed by atoms with van der Waals surface area (Å²) in [5, 5.41) is 2.81. The molecule has 0 saturated carbocycles. The Kier molecular flexibility index (Phi) is 5.89. The Morgan fingerprint density at radius 2 is 1.62 bits per heavy atom. The summed E-state index contributed by atoms with van der Waals surface area (Å²) < 4.78 is 33.1. The highest BCUT2D eigenvalue weighted by Gasteiger charge is 2.18.